The molecule has 0 aliphatic carbocycles. The maximum Gasteiger partial charge on any atom is 0.335 e. The van der Waals surface area contributed by atoms with Crippen LogP contribution >= 0.6 is 0 Å². The smallest absolute Gasteiger partial charge is 0.335 e. The van der Waals surface area contributed by atoms with Gasteiger partial charge in [0.25, 0.3) is 0 Å². The number of imidazole rings is 1. The van der Waals surface area contributed by atoms with Crippen LogP contribution in [0.4, 0.5) is 0 Å². The van der Waals surface area contributed by atoms with Crippen molar-refractivity contribution in [2.75, 3.05) is 0 Å². The van der Waals surface area contributed by atoms with Gasteiger partial charge in [-0.25, -0.2) is 14.3 Å². The van der Waals surface area contributed by atoms with Gasteiger partial charge in [-0.3, -0.25) is 4.98 Å². The van der Waals surface area contributed by atoms with Gasteiger partial charge in [-0.05, 0) is 48.0 Å². The van der Waals surface area contributed by atoms with Crippen molar-refractivity contribution in [2.24, 2.45) is 0 Å². The van der Waals surface area contributed by atoms with E-state index >= 15 is 0 Å². The maximum absolute atomic E-state index is 11.3. The molecule has 5 aromatic rings. The van der Waals surface area contributed by atoms with Gasteiger partial charge >= 0.3 is 5.97 Å². The Kier molecular flexibility index (Phi) is 4.02. The lowest BCUT2D eigenvalue weighted by molar-refractivity contribution is 0.0697. The summed E-state index contributed by atoms with van der Waals surface area (Å²) >= 11 is 0. The quantitative estimate of drug-likeness (QED) is 0.505. The minimum Gasteiger partial charge on any atom is -0.478 e. The van der Waals surface area contributed by atoms with E-state index < -0.39 is 5.97 Å². The van der Waals surface area contributed by atoms with Crippen LogP contribution in [-0.2, 0) is 6.42 Å². The summed E-state index contributed by atoms with van der Waals surface area (Å²) in [6, 6.07) is 20.7. The molecule has 0 spiro atoms. The van der Waals surface area contributed by atoms with Crippen LogP contribution in [0.3, 0.4) is 0 Å². The Morgan fingerprint density at radius 2 is 1.90 bits per heavy atom. The molecule has 0 amide bonds. The second kappa shape index (κ2) is 6.83. The zero-order chi connectivity index (χ0) is 19.8. The summed E-state index contributed by atoms with van der Waals surface area (Å²) in [6.45, 7) is 0. The van der Waals surface area contributed by atoms with Gasteiger partial charge in [0.05, 0.1) is 28.7 Å². The first-order valence-corrected chi connectivity index (χ1v) is 9.18. The minimum atomic E-state index is -0.956. The van der Waals surface area contributed by atoms with Gasteiger partial charge in [-0.1, -0.05) is 24.3 Å². The molecule has 0 bridgehead atoms. The molecule has 3 aromatic heterocycles. The zero-order valence-electron chi connectivity index (χ0n) is 15.4. The SMILES string of the molecule is O=C(O)c1cccc(-c2ccc3ncc(Cc4ccc5ncccc5c4)n3n2)c1. The molecule has 140 valence electrons. The number of aromatic carboxylic acids is 1. The fourth-order valence-corrected chi connectivity index (χ4v) is 3.45. The average Bonchev–Trinajstić information content (AvgIpc) is 3.15. The van der Waals surface area contributed by atoms with Crippen molar-refractivity contribution < 1.29 is 9.90 Å². The molecule has 0 fully saturated rings. The third-order valence-electron chi connectivity index (χ3n) is 4.89. The van der Waals surface area contributed by atoms with Crippen molar-refractivity contribution in [1.82, 2.24) is 19.6 Å². The lowest BCUT2D eigenvalue weighted by Crippen LogP contribution is -2.01. The highest BCUT2D eigenvalue weighted by molar-refractivity contribution is 5.89. The summed E-state index contributed by atoms with van der Waals surface area (Å²) in [5.41, 5.74) is 5.51. The van der Waals surface area contributed by atoms with Gasteiger partial charge in [-0.2, -0.15) is 5.10 Å². The molecular weight excluding hydrogens is 364 g/mol. The fourth-order valence-electron chi connectivity index (χ4n) is 3.45. The molecule has 6 heteroatoms. The number of benzene rings is 2. The molecule has 6 nitrogen and oxygen atoms in total. The van der Waals surface area contributed by atoms with Crippen LogP contribution < -0.4 is 0 Å². The normalized spacial score (nSPS) is 11.2. The van der Waals surface area contributed by atoms with Crippen LogP contribution in [0.25, 0.3) is 27.8 Å². The lowest BCUT2D eigenvalue weighted by Gasteiger charge is -2.06. The van der Waals surface area contributed by atoms with Crippen LogP contribution in [0.1, 0.15) is 21.6 Å². The Labute approximate surface area is 166 Å². The Bertz CT molecular complexity index is 1370. The van der Waals surface area contributed by atoms with Crippen molar-refractivity contribution in [1.29, 1.82) is 0 Å². The largest absolute Gasteiger partial charge is 0.478 e. The molecule has 0 aliphatic rings. The number of hydrogen-bond donors (Lipinski definition) is 1. The molecule has 0 radical (unpaired) electrons. The number of hydrogen-bond acceptors (Lipinski definition) is 4. The van der Waals surface area contributed by atoms with Crippen molar-refractivity contribution in [3.63, 3.8) is 0 Å². The van der Waals surface area contributed by atoms with E-state index in [-0.39, 0.29) is 5.56 Å². The topological polar surface area (TPSA) is 80.4 Å². The van der Waals surface area contributed by atoms with Gasteiger partial charge in [0, 0.05) is 23.6 Å². The fraction of sp³-hybridized carbons (Fsp3) is 0.0435. The number of pyridine rings is 1. The number of carboxylic acids is 1. The summed E-state index contributed by atoms with van der Waals surface area (Å²) in [6.07, 6.45) is 4.29. The second-order valence-electron chi connectivity index (χ2n) is 6.83. The van der Waals surface area contributed by atoms with E-state index in [1.807, 2.05) is 47.1 Å². The van der Waals surface area contributed by atoms with Crippen LogP contribution in [-0.4, -0.2) is 30.7 Å². The first kappa shape index (κ1) is 17.1. The van der Waals surface area contributed by atoms with E-state index in [9.17, 15) is 9.90 Å². The third-order valence-corrected chi connectivity index (χ3v) is 4.89. The molecule has 0 saturated heterocycles. The molecule has 0 atom stereocenters. The van der Waals surface area contributed by atoms with E-state index in [0.717, 1.165) is 33.4 Å². The number of carboxylic acid groups (broad SMARTS) is 1. The van der Waals surface area contributed by atoms with Gasteiger partial charge in [0.2, 0.25) is 0 Å². The van der Waals surface area contributed by atoms with Crippen molar-refractivity contribution >= 4 is 22.5 Å². The monoisotopic (exact) mass is 380 g/mol. The molecule has 5 rings (SSSR count). The highest BCUT2D eigenvalue weighted by atomic mass is 16.4. The maximum atomic E-state index is 11.3. The van der Waals surface area contributed by atoms with Crippen molar-refractivity contribution in [3.8, 4) is 11.3 Å². The number of aromatic nitrogens is 4. The molecule has 2 aromatic carbocycles. The zero-order valence-corrected chi connectivity index (χ0v) is 15.4. The number of fused-ring (bicyclic) bond motifs is 2. The molecular formula is C23H16N4O2. The Hall–Kier alpha value is -4.06. The molecule has 29 heavy (non-hydrogen) atoms. The van der Waals surface area contributed by atoms with Crippen molar-refractivity contribution in [2.45, 2.75) is 6.42 Å². The number of nitrogens with zero attached hydrogens (tertiary/aromatic N) is 4. The first-order valence-electron chi connectivity index (χ1n) is 9.18. The average molecular weight is 380 g/mol. The predicted molar refractivity (Wildman–Crippen MR) is 110 cm³/mol. The van der Waals surface area contributed by atoms with Gasteiger partial charge in [-0.15, -0.1) is 0 Å². The van der Waals surface area contributed by atoms with Crippen LogP contribution in [0.5, 0.6) is 0 Å². The second-order valence-corrected chi connectivity index (χ2v) is 6.83. The standard InChI is InChI=1S/C23H16N4O2/c28-23(29)18-4-1-3-17(13-18)21-8-9-22-25-14-19(27(22)26-21)12-15-6-7-20-16(11-15)5-2-10-24-20/h1-11,13-14H,12H2,(H,28,29). The summed E-state index contributed by atoms with van der Waals surface area (Å²) in [5.74, 6) is -0.956. The van der Waals surface area contributed by atoms with E-state index in [4.69, 9.17) is 5.10 Å². The van der Waals surface area contributed by atoms with E-state index in [1.54, 1.807) is 24.4 Å². The van der Waals surface area contributed by atoms with Crippen LogP contribution in [0.2, 0.25) is 0 Å². The van der Waals surface area contributed by atoms with Gasteiger partial charge in [0.15, 0.2) is 5.65 Å². The Balaban J connectivity index is 1.54. The summed E-state index contributed by atoms with van der Waals surface area (Å²) in [7, 11) is 0. The minimum absolute atomic E-state index is 0.236. The molecule has 0 aliphatic heterocycles. The summed E-state index contributed by atoms with van der Waals surface area (Å²) in [5, 5.41) is 15.0. The summed E-state index contributed by atoms with van der Waals surface area (Å²) in [4.78, 5) is 20.1. The molecule has 1 N–H and O–H groups in total. The first-order chi connectivity index (χ1) is 14.2. The molecule has 3 heterocycles. The number of rotatable bonds is 4. The van der Waals surface area contributed by atoms with Crippen molar-refractivity contribution in [3.05, 3.63) is 95.9 Å². The third kappa shape index (κ3) is 3.21. The van der Waals surface area contributed by atoms with E-state index in [2.05, 4.69) is 22.1 Å². The lowest BCUT2D eigenvalue weighted by atomic mass is 10.1. The van der Waals surface area contributed by atoms with Crippen LogP contribution in [0.15, 0.2) is 79.1 Å². The van der Waals surface area contributed by atoms with Gasteiger partial charge < -0.3 is 5.11 Å². The summed E-state index contributed by atoms with van der Waals surface area (Å²) < 4.78 is 1.82. The van der Waals surface area contributed by atoms with E-state index in [0.29, 0.717) is 12.1 Å². The Morgan fingerprint density at radius 1 is 0.966 bits per heavy atom. The molecule has 0 unspecified atom stereocenters. The van der Waals surface area contributed by atoms with Gasteiger partial charge in [0.1, 0.15) is 0 Å². The van der Waals surface area contributed by atoms with E-state index in [1.165, 1.54) is 0 Å². The predicted octanol–water partition coefficient (Wildman–Crippen LogP) is 4.23. The Morgan fingerprint density at radius 3 is 2.79 bits per heavy atom. The highest BCUT2D eigenvalue weighted by Crippen LogP contribution is 2.21. The highest BCUT2D eigenvalue weighted by Gasteiger charge is 2.10. The van der Waals surface area contributed by atoms with Crippen LogP contribution in [0, 0.1) is 0 Å². The number of carbonyl (C=O) groups is 1. The molecule has 0 saturated carbocycles.